The minimum absolute atomic E-state index is 0.0523. The van der Waals surface area contributed by atoms with Gasteiger partial charge in [-0.1, -0.05) is 23.2 Å². The van der Waals surface area contributed by atoms with E-state index in [2.05, 4.69) is 14.7 Å². The Bertz CT molecular complexity index is 970. The number of hydrogen-bond donors (Lipinski definition) is 0. The van der Waals surface area contributed by atoms with Crippen molar-refractivity contribution in [3.05, 3.63) is 57.2 Å². The highest BCUT2D eigenvalue weighted by molar-refractivity contribution is 6.34. The minimum Gasteiger partial charge on any atom is -0.431 e. The number of amidine groups is 1. The molecule has 0 N–H and O–H groups in total. The lowest BCUT2D eigenvalue weighted by molar-refractivity contribution is -0.0981. The molecule has 28 heavy (non-hydrogen) atoms. The van der Waals surface area contributed by atoms with E-state index >= 15 is 0 Å². The molecule has 1 atom stereocenters. The van der Waals surface area contributed by atoms with Crippen LogP contribution in [0.3, 0.4) is 0 Å². The summed E-state index contributed by atoms with van der Waals surface area (Å²) in [7, 11) is 0. The number of hydrogen-bond acceptors (Lipinski definition) is 4. The van der Waals surface area contributed by atoms with Crippen LogP contribution in [0.15, 0.2) is 45.9 Å². The monoisotopic (exact) mass is 437 g/mol. The summed E-state index contributed by atoms with van der Waals surface area (Å²) in [6.07, 6.45) is -0.191. The molecule has 1 aromatic heterocycles. The molecule has 1 unspecified atom stereocenters. The highest BCUT2D eigenvalue weighted by Crippen LogP contribution is 2.48. The van der Waals surface area contributed by atoms with Crippen LogP contribution in [0.4, 0.5) is 22.0 Å². The predicted octanol–water partition coefficient (Wildman–Crippen LogP) is 5.21. The SMILES string of the molecule is FC(F)OC1=CC(C(F)(F)F)=CN2CC3(CC(Cl)=Cc4c3ccnc4Cl)N=C12. The van der Waals surface area contributed by atoms with Gasteiger partial charge in [0.25, 0.3) is 0 Å². The van der Waals surface area contributed by atoms with E-state index in [-0.39, 0.29) is 24.0 Å². The fourth-order valence-electron chi connectivity index (χ4n) is 3.52. The van der Waals surface area contributed by atoms with Crippen LogP contribution in [-0.4, -0.2) is 35.1 Å². The first-order valence-electron chi connectivity index (χ1n) is 7.92. The van der Waals surface area contributed by atoms with E-state index in [1.165, 1.54) is 6.20 Å². The molecule has 148 valence electrons. The molecule has 1 aromatic rings. The van der Waals surface area contributed by atoms with Crippen LogP contribution in [0.2, 0.25) is 5.15 Å². The van der Waals surface area contributed by atoms with E-state index in [9.17, 15) is 22.0 Å². The zero-order chi connectivity index (χ0) is 20.3. The number of rotatable bonds is 2. The molecule has 3 aliphatic rings. The molecule has 3 heterocycles. The normalized spacial score (nSPS) is 23.8. The van der Waals surface area contributed by atoms with E-state index in [4.69, 9.17) is 23.2 Å². The van der Waals surface area contributed by atoms with Crippen LogP contribution in [-0.2, 0) is 10.3 Å². The van der Waals surface area contributed by atoms with Gasteiger partial charge in [-0.15, -0.1) is 0 Å². The summed E-state index contributed by atoms with van der Waals surface area (Å²) in [5, 5.41) is 0.526. The maximum atomic E-state index is 13.2. The second-order valence-corrected chi connectivity index (χ2v) is 7.24. The lowest BCUT2D eigenvalue weighted by atomic mass is 9.81. The van der Waals surface area contributed by atoms with Crippen molar-refractivity contribution in [1.29, 1.82) is 0 Å². The third kappa shape index (κ3) is 3.16. The largest absolute Gasteiger partial charge is 0.431 e. The van der Waals surface area contributed by atoms with E-state index in [0.717, 1.165) is 11.1 Å². The fourth-order valence-corrected chi connectivity index (χ4v) is 4.07. The Labute approximate surface area is 165 Å². The Morgan fingerprint density at radius 1 is 1.21 bits per heavy atom. The zero-order valence-electron chi connectivity index (χ0n) is 13.8. The summed E-state index contributed by atoms with van der Waals surface area (Å²) >= 11 is 12.4. The van der Waals surface area contributed by atoms with Gasteiger partial charge in [0, 0.05) is 29.4 Å². The first-order valence-corrected chi connectivity index (χ1v) is 8.68. The number of nitrogens with zero attached hydrogens (tertiary/aromatic N) is 3. The van der Waals surface area contributed by atoms with E-state index in [0.29, 0.717) is 22.2 Å². The quantitative estimate of drug-likeness (QED) is 0.470. The Morgan fingerprint density at radius 2 is 1.96 bits per heavy atom. The molecule has 0 radical (unpaired) electrons. The highest BCUT2D eigenvalue weighted by Gasteiger charge is 2.48. The van der Waals surface area contributed by atoms with Crippen LogP contribution in [0, 0.1) is 0 Å². The van der Waals surface area contributed by atoms with Gasteiger partial charge in [0.15, 0.2) is 11.6 Å². The van der Waals surface area contributed by atoms with Crippen molar-refractivity contribution in [3.8, 4) is 0 Å². The molecule has 11 heteroatoms. The van der Waals surface area contributed by atoms with Crippen LogP contribution in [0.5, 0.6) is 0 Å². The number of ether oxygens (including phenoxy) is 1. The molecule has 4 nitrogen and oxygen atoms in total. The van der Waals surface area contributed by atoms with Crippen molar-refractivity contribution >= 4 is 35.1 Å². The molecule has 0 saturated heterocycles. The first kappa shape index (κ1) is 19.2. The maximum absolute atomic E-state index is 13.2. The lowest BCUT2D eigenvalue weighted by Gasteiger charge is -2.32. The minimum atomic E-state index is -4.74. The van der Waals surface area contributed by atoms with Crippen molar-refractivity contribution in [1.82, 2.24) is 9.88 Å². The second kappa shape index (κ2) is 6.45. The highest BCUT2D eigenvalue weighted by atomic mass is 35.5. The molecule has 0 bridgehead atoms. The summed E-state index contributed by atoms with van der Waals surface area (Å²) in [6, 6.07) is 1.63. The maximum Gasteiger partial charge on any atom is 0.417 e. The molecule has 0 saturated carbocycles. The van der Waals surface area contributed by atoms with Crippen LogP contribution in [0.25, 0.3) is 6.08 Å². The van der Waals surface area contributed by atoms with Crippen LogP contribution in [0.1, 0.15) is 17.5 Å². The van der Waals surface area contributed by atoms with Gasteiger partial charge in [-0.3, -0.25) is 4.99 Å². The van der Waals surface area contributed by atoms with E-state index in [1.807, 2.05) is 0 Å². The molecule has 2 aliphatic heterocycles. The molecule has 0 fully saturated rings. The third-order valence-electron chi connectivity index (χ3n) is 4.57. The summed E-state index contributed by atoms with van der Waals surface area (Å²) in [5.74, 6) is -0.785. The third-order valence-corrected chi connectivity index (χ3v) is 5.12. The van der Waals surface area contributed by atoms with Gasteiger partial charge in [0.2, 0.25) is 0 Å². The van der Waals surface area contributed by atoms with Gasteiger partial charge in [0.1, 0.15) is 10.7 Å². The summed E-state index contributed by atoms with van der Waals surface area (Å²) in [5.41, 5.74) is -1.14. The molecule has 0 aromatic carbocycles. The number of allylic oxidation sites excluding steroid dienone is 2. The molecular formula is C17H10Cl2F5N3O. The molecule has 0 amide bonds. The molecule has 4 rings (SSSR count). The van der Waals surface area contributed by atoms with Crippen molar-refractivity contribution in [2.24, 2.45) is 4.99 Å². The summed E-state index contributed by atoms with van der Waals surface area (Å²) < 4.78 is 69.6. The van der Waals surface area contributed by atoms with Gasteiger partial charge < -0.3 is 9.64 Å². The van der Waals surface area contributed by atoms with E-state index < -0.39 is 29.7 Å². The van der Waals surface area contributed by atoms with Crippen molar-refractivity contribution in [3.63, 3.8) is 0 Å². The number of halogens is 7. The van der Waals surface area contributed by atoms with Gasteiger partial charge >= 0.3 is 12.8 Å². The van der Waals surface area contributed by atoms with Crippen molar-refractivity contribution in [2.75, 3.05) is 6.54 Å². The van der Waals surface area contributed by atoms with Crippen LogP contribution < -0.4 is 0 Å². The Morgan fingerprint density at radius 3 is 2.64 bits per heavy atom. The number of fused-ring (bicyclic) bond motifs is 3. The lowest BCUT2D eigenvalue weighted by Crippen LogP contribution is -2.36. The van der Waals surface area contributed by atoms with Gasteiger partial charge in [-0.2, -0.15) is 22.0 Å². The average molecular weight is 438 g/mol. The summed E-state index contributed by atoms with van der Waals surface area (Å²) in [6.45, 7) is -3.36. The fraction of sp³-hybridized carbons (Fsp3) is 0.294. The molecule has 1 spiro atoms. The van der Waals surface area contributed by atoms with Gasteiger partial charge in [-0.05, 0) is 23.8 Å². The smallest absolute Gasteiger partial charge is 0.417 e. The zero-order valence-corrected chi connectivity index (χ0v) is 15.3. The summed E-state index contributed by atoms with van der Waals surface area (Å²) in [4.78, 5) is 9.60. The van der Waals surface area contributed by atoms with Crippen LogP contribution >= 0.6 is 23.2 Å². The first-order chi connectivity index (χ1) is 13.1. The second-order valence-electron chi connectivity index (χ2n) is 6.40. The Hall–Kier alpha value is -2.13. The van der Waals surface area contributed by atoms with Crippen molar-refractivity contribution < 1.29 is 26.7 Å². The Kier molecular flexibility index (Phi) is 4.42. The number of aliphatic imine (C=N–C) groups is 1. The molecule has 1 aliphatic carbocycles. The van der Waals surface area contributed by atoms with Gasteiger partial charge in [-0.25, -0.2) is 4.98 Å². The number of aromatic nitrogens is 1. The standard InChI is InChI=1S/C17H10Cl2F5N3O/c18-9-4-10-11(1-2-25-13(10)19)16(5-9)7-27-6-8(17(22,23)24)3-12(14(27)26-16)28-15(20)21/h1-4,6,15H,5,7H2. The predicted molar refractivity (Wildman–Crippen MR) is 92.8 cm³/mol. The number of pyridine rings is 1. The van der Waals surface area contributed by atoms with E-state index in [1.54, 1.807) is 12.1 Å². The molecular weight excluding hydrogens is 428 g/mol. The topological polar surface area (TPSA) is 37.7 Å². The number of alkyl halides is 5. The average Bonchev–Trinajstić information content (AvgIpc) is 2.93. The van der Waals surface area contributed by atoms with Gasteiger partial charge in [0.05, 0.1) is 12.1 Å². The Balaban J connectivity index is 1.85. The van der Waals surface area contributed by atoms with Crippen molar-refractivity contribution in [2.45, 2.75) is 24.7 Å².